The minimum Gasteiger partial charge on any atom is -0.348 e. The highest BCUT2D eigenvalue weighted by Gasteiger charge is 2.36. The van der Waals surface area contributed by atoms with E-state index in [0.29, 0.717) is 0 Å². The maximum Gasteiger partial charge on any atom is 0.416 e. The fourth-order valence-corrected chi connectivity index (χ4v) is 3.50. The lowest BCUT2D eigenvalue weighted by atomic mass is 10.1. The summed E-state index contributed by atoms with van der Waals surface area (Å²) in [4.78, 5) is 13.7. The number of aromatic nitrogens is 3. The van der Waals surface area contributed by atoms with Crippen LogP contribution in [0.5, 0.6) is 0 Å². The van der Waals surface area contributed by atoms with E-state index in [1.165, 1.54) is 23.0 Å². The quantitative estimate of drug-likeness (QED) is 0.740. The van der Waals surface area contributed by atoms with Gasteiger partial charge in [-0.2, -0.15) is 13.2 Å². The molecule has 29 heavy (non-hydrogen) atoms. The Balaban J connectivity index is 1.72. The maximum atomic E-state index is 14.1. The molecule has 0 spiro atoms. The van der Waals surface area contributed by atoms with Crippen molar-refractivity contribution < 1.29 is 22.4 Å². The van der Waals surface area contributed by atoms with Gasteiger partial charge in [0.25, 0.3) is 5.91 Å². The van der Waals surface area contributed by atoms with Crippen molar-refractivity contribution in [2.24, 2.45) is 0 Å². The maximum absolute atomic E-state index is 14.1. The van der Waals surface area contributed by atoms with Crippen molar-refractivity contribution in [3.8, 4) is 0 Å². The highest BCUT2D eigenvalue weighted by Crippen LogP contribution is 2.33. The SMILES string of the molecule is CC(C)NC(=O)c1cn(C[C@@H]2C[C@H](F)CN2Cc2ccccc2C(F)(F)F)nn1. The number of benzene rings is 1. The van der Waals surface area contributed by atoms with Crippen LogP contribution in [0.25, 0.3) is 0 Å². The first-order chi connectivity index (χ1) is 13.6. The molecule has 6 nitrogen and oxygen atoms in total. The van der Waals surface area contributed by atoms with Crippen molar-refractivity contribution >= 4 is 5.91 Å². The van der Waals surface area contributed by atoms with Gasteiger partial charge in [0.2, 0.25) is 0 Å². The average molecular weight is 413 g/mol. The third kappa shape index (κ3) is 5.31. The van der Waals surface area contributed by atoms with Gasteiger partial charge in [-0.1, -0.05) is 23.4 Å². The molecule has 0 aliphatic carbocycles. The van der Waals surface area contributed by atoms with Gasteiger partial charge in [0.05, 0.1) is 18.3 Å². The van der Waals surface area contributed by atoms with Crippen LogP contribution in [0.4, 0.5) is 17.6 Å². The number of nitrogens with one attached hydrogen (secondary N) is 1. The van der Waals surface area contributed by atoms with Gasteiger partial charge in [-0.25, -0.2) is 4.39 Å². The standard InChI is InChI=1S/C19H23F4N5O/c1-12(2)24-18(29)17-11-28(26-25-17)10-15-7-14(20)9-27(15)8-13-5-3-4-6-16(13)19(21,22)23/h3-6,11-12,14-15H,7-10H2,1-2H3,(H,24,29)/t14-,15-/m0/s1. The summed E-state index contributed by atoms with van der Waals surface area (Å²) in [5.41, 5.74) is -0.466. The molecule has 158 valence electrons. The number of hydrogen-bond acceptors (Lipinski definition) is 4. The van der Waals surface area contributed by atoms with E-state index < -0.39 is 17.9 Å². The number of likely N-dealkylation sites (tertiary alicyclic amines) is 1. The molecule has 0 bridgehead atoms. The van der Waals surface area contributed by atoms with Crippen molar-refractivity contribution in [3.05, 3.63) is 47.3 Å². The summed E-state index contributed by atoms with van der Waals surface area (Å²) in [6, 6.07) is 4.91. The number of halogens is 4. The molecule has 2 aromatic rings. The number of hydrogen-bond donors (Lipinski definition) is 1. The zero-order valence-corrected chi connectivity index (χ0v) is 16.2. The smallest absolute Gasteiger partial charge is 0.348 e. The molecule has 1 aromatic carbocycles. The molecule has 1 aromatic heterocycles. The first-order valence-electron chi connectivity index (χ1n) is 9.37. The lowest BCUT2D eigenvalue weighted by Gasteiger charge is -2.25. The Morgan fingerprint density at radius 3 is 2.72 bits per heavy atom. The van der Waals surface area contributed by atoms with Crippen LogP contribution in [-0.2, 0) is 19.3 Å². The molecule has 1 amide bonds. The van der Waals surface area contributed by atoms with Crippen LogP contribution in [0.3, 0.4) is 0 Å². The summed E-state index contributed by atoms with van der Waals surface area (Å²) in [5, 5.41) is 10.4. The molecule has 1 aliphatic rings. The zero-order valence-electron chi connectivity index (χ0n) is 16.2. The highest BCUT2D eigenvalue weighted by molar-refractivity contribution is 5.91. The van der Waals surface area contributed by atoms with Crippen molar-refractivity contribution in [3.63, 3.8) is 0 Å². The van der Waals surface area contributed by atoms with E-state index in [9.17, 15) is 22.4 Å². The van der Waals surface area contributed by atoms with Crippen LogP contribution >= 0.6 is 0 Å². The van der Waals surface area contributed by atoms with Crippen LogP contribution in [0.15, 0.2) is 30.5 Å². The Morgan fingerprint density at radius 2 is 2.03 bits per heavy atom. The van der Waals surface area contributed by atoms with Gasteiger partial charge in [0, 0.05) is 25.2 Å². The third-order valence-electron chi connectivity index (χ3n) is 4.76. The number of amides is 1. The second kappa shape index (κ2) is 8.48. The molecule has 0 radical (unpaired) electrons. The average Bonchev–Trinajstić information content (AvgIpc) is 3.21. The van der Waals surface area contributed by atoms with E-state index in [1.54, 1.807) is 11.0 Å². The molecule has 2 heterocycles. The van der Waals surface area contributed by atoms with Crippen molar-refractivity contribution in [2.75, 3.05) is 6.54 Å². The van der Waals surface area contributed by atoms with Gasteiger partial charge in [0.1, 0.15) is 6.17 Å². The zero-order chi connectivity index (χ0) is 21.2. The summed E-state index contributed by atoms with van der Waals surface area (Å²) in [7, 11) is 0. The third-order valence-corrected chi connectivity index (χ3v) is 4.76. The number of alkyl halides is 4. The monoisotopic (exact) mass is 413 g/mol. The van der Waals surface area contributed by atoms with Gasteiger partial charge in [-0.3, -0.25) is 14.4 Å². The van der Waals surface area contributed by atoms with Gasteiger partial charge < -0.3 is 5.32 Å². The van der Waals surface area contributed by atoms with E-state index in [2.05, 4.69) is 15.6 Å². The molecule has 1 N–H and O–H groups in total. The van der Waals surface area contributed by atoms with Crippen molar-refractivity contribution in [1.29, 1.82) is 0 Å². The molecule has 0 unspecified atom stereocenters. The highest BCUT2D eigenvalue weighted by atomic mass is 19.4. The summed E-state index contributed by atoms with van der Waals surface area (Å²) >= 11 is 0. The molecule has 1 aliphatic heterocycles. The molecule has 10 heteroatoms. The van der Waals surface area contributed by atoms with Crippen LogP contribution in [-0.4, -0.2) is 50.6 Å². The predicted octanol–water partition coefficient (Wildman–Crippen LogP) is 3.05. The van der Waals surface area contributed by atoms with Crippen LogP contribution in [0, 0.1) is 0 Å². The van der Waals surface area contributed by atoms with E-state index in [1.807, 2.05) is 13.8 Å². The van der Waals surface area contributed by atoms with E-state index >= 15 is 0 Å². The Bertz CT molecular complexity index is 851. The van der Waals surface area contributed by atoms with Gasteiger partial charge in [-0.15, -0.1) is 5.10 Å². The fraction of sp³-hybridized carbons (Fsp3) is 0.526. The van der Waals surface area contributed by atoms with E-state index in [4.69, 9.17) is 0 Å². The summed E-state index contributed by atoms with van der Waals surface area (Å²) in [6.45, 7) is 3.90. The van der Waals surface area contributed by atoms with Gasteiger partial charge >= 0.3 is 6.18 Å². The van der Waals surface area contributed by atoms with Gasteiger partial charge in [-0.05, 0) is 31.9 Å². The van der Waals surface area contributed by atoms with E-state index in [-0.39, 0.29) is 55.3 Å². The van der Waals surface area contributed by atoms with Crippen molar-refractivity contribution in [2.45, 2.75) is 57.8 Å². The fourth-order valence-electron chi connectivity index (χ4n) is 3.50. The second-order valence-corrected chi connectivity index (χ2v) is 7.53. The lowest BCUT2D eigenvalue weighted by molar-refractivity contribution is -0.138. The number of carbonyl (C=O) groups excluding carboxylic acids is 1. The van der Waals surface area contributed by atoms with Gasteiger partial charge in [0.15, 0.2) is 5.69 Å². The van der Waals surface area contributed by atoms with Crippen LogP contribution < -0.4 is 5.32 Å². The first-order valence-corrected chi connectivity index (χ1v) is 9.37. The topological polar surface area (TPSA) is 63.1 Å². The summed E-state index contributed by atoms with van der Waals surface area (Å²) in [6.07, 6.45) is -3.96. The summed E-state index contributed by atoms with van der Waals surface area (Å²) < 4.78 is 55.3. The molecule has 0 saturated carbocycles. The number of rotatable bonds is 6. The Kier molecular flexibility index (Phi) is 6.21. The van der Waals surface area contributed by atoms with Crippen LogP contribution in [0.1, 0.15) is 41.9 Å². The Labute approximate surface area is 165 Å². The number of carbonyl (C=O) groups is 1. The molecular weight excluding hydrogens is 390 g/mol. The van der Waals surface area contributed by atoms with E-state index in [0.717, 1.165) is 6.07 Å². The molecule has 2 atom stereocenters. The largest absolute Gasteiger partial charge is 0.416 e. The predicted molar refractivity (Wildman–Crippen MR) is 97.8 cm³/mol. The lowest BCUT2D eigenvalue weighted by Crippen LogP contribution is -2.33. The first kappa shape index (κ1) is 21.2. The molecular formula is C19H23F4N5O. The molecule has 1 saturated heterocycles. The Morgan fingerprint density at radius 1 is 1.31 bits per heavy atom. The normalized spacial score (nSPS) is 20.4. The summed E-state index contributed by atoms with van der Waals surface area (Å²) in [5.74, 6) is -0.364. The second-order valence-electron chi connectivity index (χ2n) is 7.53. The Hall–Kier alpha value is -2.49. The number of nitrogens with zero attached hydrogens (tertiary/aromatic N) is 4. The van der Waals surface area contributed by atoms with Crippen LogP contribution in [0.2, 0.25) is 0 Å². The van der Waals surface area contributed by atoms with Crippen molar-refractivity contribution in [1.82, 2.24) is 25.2 Å². The molecule has 1 fully saturated rings. The minimum absolute atomic E-state index is 0.0177. The molecule has 3 rings (SSSR count). The minimum atomic E-state index is -4.47.